The van der Waals surface area contributed by atoms with E-state index >= 15 is 0 Å². The van der Waals surface area contributed by atoms with Crippen LogP contribution in [0.4, 0.5) is 22.0 Å². The Morgan fingerprint density at radius 2 is 1.71 bits per heavy atom. The predicted octanol–water partition coefficient (Wildman–Crippen LogP) is 4.23. The molecule has 0 radical (unpaired) electrons. The monoisotopic (exact) mass is 516 g/mol. The third-order valence-corrected chi connectivity index (χ3v) is 7.11. The molecule has 34 heavy (non-hydrogen) atoms. The standard InChI is InChI=1S/C20H13F5N4O3S2/c1-2-34(31,32)16-7-12(11-5-13(21)8-14(22)6-11)9-26-18(16)29-19(30)28-10-15(33-20(23,24)25)3-4-17(28)27-29/h3-10H,2H2,1H3. The molecule has 0 atom stereocenters. The second kappa shape index (κ2) is 8.51. The number of alkyl halides is 3. The van der Waals surface area contributed by atoms with Crippen molar-refractivity contribution in [2.45, 2.75) is 22.2 Å². The summed E-state index contributed by atoms with van der Waals surface area (Å²) in [5, 5.41) is 3.99. The normalized spacial score (nSPS) is 12.4. The topological polar surface area (TPSA) is 86.3 Å². The van der Waals surface area contributed by atoms with E-state index in [1.54, 1.807) is 0 Å². The fourth-order valence-corrected chi connectivity index (χ4v) is 4.74. The number of thioether (sulfide) groups is 1. The molecule has 0 bridgehead atoms. The molecule has 178 valence electrons. The van der Waals surface area contributed by atoms with Crippen molar-refractivity contribution in [3.05, 3.63) is 70.9 Å². The number of hydrogen-bond acceptors (Lipinski definition) is 6. The molecule has 0 amide bonds. The fraction of sp³-hybridized carbons (Fsp3) is 0.150. The summed E-state index contributed by atoms with van der Waals surface area (Å²) in [6.45, 7) is 1.35. The zero-order chi connectivity index (χ0) is 24.8. The molecule has 3 heterocycles. The summed E-state index contributed by atoms with van der Waals surface area (Å²) >= 11 is -0.427. The van der Waals surface area contributed by atoms with Gasteiger partial charge in [-0.25, -0.2) is 31.4 Å². The SMILES string of the molecule is CCS(=O)(=O)c1cc(-c2cc(F)cc(F)c2)cnc1-n1nc2ccc(SC(F)(F)F)cn2c1=O. The van der Waals surface area contributed by atoms with Crippen LogP contribution in [0.25, 0.3) is 22.6 Å². The maximum atomic E-state index is 13.7. The van der Waals surface area contributed by atoms with Crippen molar-refractivity contribution in [1.82, 2.24) is 19.2 Å². The summed E-state index contributed by atoms with van der Waals surface area (Å²) in [7, 11) is -4.03. The van der Waals surface area contributed by atoms with Gasteiger partial charge in [0.15, 0.2) is 21.3 Å². The van der Waals surface area contributed by atoms with Crippen molar-refractivity contribution in [2.24, 2.45) is 0 Å². The Labute approximate surface area is 192 Å². The van der Waals surface area contributed by atoms with E-state index in [2.05, 4.69) is 10.1 Å². The molecule has 0 saturated carbocycles. The maximum Gasteiger partial charge on any atom is 0.446 e. The molecule has 3 aromatic heterocycles. The summed E-state index contributed by atoms with van der Waals surface area (Å²) < 4.78 is 92.4. The van der Waals surface area contributed by atoms with Gasteiger partial charge in [0.25, 0.3) is 0 Å². The van der Waals surface area contributed by atoms with Gasteiger partial charge >= 0.3 is 11.2 Å². The number of rotatable bonds is 5. The van der Waals surface area contributed by atoms with Crippen molar-refractivity contribution in [1.29, 1.82) is 0 Å². The van der Waals surface area contributed by atoms with Gasteiger partial charge in [-0.2, -0.15) is 17.9 Å². The molecule has 0 aliphatic heterocycles. The number of hydrogen-bond donors (Lipinski definition) is 0. The average Bonchev–Trinajstić information content (AvgIpc) is 3.07. The van der Waals surface area contributed by atoms with Crippen molar-refractivity contribution in [2.75, 3.05) is 5.75 Å². The summed E-state index contributed by atoms with van der Waals surface area (Å²) in [5.41, 5.74) is -5.50. The van der Waals surface area contributed by atoms with Gasteiger partial charge < -0.3 is 0 Å². The summed E-state index contributed by atoms with van der Waals surface area (Å²) in [6, 6.07) is 6.01. The Bertz CT molecular complexity index is 1560. The van der Waals surface area contributed by atoms with Gasteiger partial charge in [-0.05, 0) is 47.7 Å². The van der Waals surface area contributed by atoms with Gasteiger partial charge in [0.2, 0.25) is 0 Å². The molecule has 0 unspecified atom stereocenters. The van der Waals surface area contributed by atoms with Gasteiger partial charge in [-0.1, -0.05) is 6.92 Å². The molecule has 4 rings (SSSR count). The van der Waals surface area contributed by atoms with E-state index in [1.165, 1.54) is 13.0 Å². The largest absolute Gasteiger partial charge is 0.446 e. The van der Waals surface area contributed by atoms with Gasteiger partial charge in [0.05, 0.1) is 5.75 Å². The number of benzene rings is 1. The first kappa shape index (κ1) is 23.9. The highest BCUT2D eigenvalue weighted by Gasteiger charge is 2.30. The van der Waals surface area contributed by atoms with E-state index in [1.807, 2.05) is 0 Å². The van der Waals surface area contributed by atoms with Crippen LogP contribution < -0.4 is 5.69 Å². The number of pyridine rings is 2. The Balaban J connectivity index is 1.91. The second-order valence-corrected chi connectivity index (χ2v) is 10.3. The van der Waals surface area contributed by atoms with Crippen molar-refractivity contribution in [3.63, 3.8) is 0 Å². The number of sulfone groups is 1. The van der Waals surface area contributed by atoms with Crippen LogP contribution in [0.1, 0.15) is 6.92 Å². The van der Waals surface area contributed by atoms with Crippen LogP contribution >= 0.6 is 11.8 Å². The van der Waals surface area contributed by atoms with Crippen LogP contribution in [0.2, 0.25) is 0 Å². The molecule has 0 N–H and O–H groups in total. The molecule has 4 aromatic rings. The molecule has 14 heteroatoms. The highest BCUT2D eigenvalue weighted by molar-refractivity contribution is 8.00. The van der Waals surface area contributed by atoms with Crippen LogP contribution in [0, 0.1) is 11.6 Å². The summed E-state index contributed by atoms with van der Waals surface area (Å²) in [5.74, 6) is -2.57. The first-order valence-corrected chi connectivity index (χ1v) is 11.9. The quantitative estimate of drug-likeness (QED) is 0.292. The molecule has 0 saturated heterocycles. The third kappa shape index (κ3) is 4.68. The summed E-state index contributed by atoms with van der Waals surface area (Å²) in [6.07, 6.45) is 2.04. The minimum atomic E-state index is -4.58. The Morgan fingerprint density at radius 3 is 2.32 bits per heavy atom. The van der Waals surface area contributed by atoms with Gasteiger partial charge in [0, 0.05) is 28.9 Å². The van der Waals surface area contributed by atoms with Crippen LogP contribution in [0.3, 0.4) is 0 Å². The van der Waals surface area contributed by atoms with Crippen LogP contribution in [-0.2, 0) is 9.84 Å². The minimum Gasteiger partial charge on any atom is -0.249 e. The fourth-order valence-electron chi connectivity index (χ4n) is 3.15. The maximum absolute atomic E-state index is 13.7. The Morgan fingerprint density at radius 1 is 1.03 bits per heavy atom. The smallest absolute Gasteiger partial charge is 0.249 e. The van der Waals surface area contributed by atoms with Crippen LogP contribution in [0.5, 0.6) is 0 Å². The van der Waals surface area contributed by atoms with Crippen LogP contribution in [0.15, 0.2) is 63.4 Å². The minimum absolute atomic E-state index is 0.0141. The van der Waals surface area contributed by atoms with Gasteiger partial charge in [0.1, 0.15) is 16.5 Å². The van der Waals surface area contributed by atoms with Crippen molar-refractivity contribution >= 4 is 27.2 Å². The number of nitrogens with zero attached hydrogens (tertiary/aromatic N) is 4. The van der Waals surface area contributed by atoms with Crippen molar-refractivity contribution in [3.8, 4) is 16.9 Å². The lowest BCUT2D eigenvalue weighted by Crippen LogP contribution is -2.23. The number of aromatic nitrogens is 4. The lowest BCUT2D eigenvalue weighted by Gasteiger charge is -2.10. The molecule has 0 aliphatic rings. The average molecular weight is 516 g/mol. The van der Waals surface area contributed by atoms with E-state index in [0.29, 0.717) is 10.7 Å². The number of fused-ring (bicyclic) bond motifs is 1. The zero-order valence-corrected chi connectivity index (χ0v) is 18.7. The molecular formula is C20H13F5N4O3S2. The first-order valence-electron chi connectivity index (χ1n) is 9.45. The number of halogens is 5. The molecule has 7 nitrogen and oxygen atoms in total. The van der Waals surface area contributed by atoms with Gasteiger partial charge in [-0.3, -0.25) is 0 Å². The van der Waals surface area contributed by atoms with E-state index in [0.717, 1.165) is 41.1 Å². The van der Waals surface area contributed by atoms with E-state index in [4.69, 9.17) is 0 Å². The van der Waals surface area contributed by atoms with Gasteiger partial charge in [-0.15, -0.1) is 5.10 Å². The van der Waals surface area contributed by atoms with Crippen molar-refractivity contribution < 1.29 is 30.4 Å². The van der Waals surface area contributed by atoms with E-state index in [-0.39, 0.29) is 21.7 Å². The van der Waals surface area contributed by atoms with E-state index in [9.17, 15) is 35.2 Å². The molecular weight excluding hydrogens is 503 g/mol. The lowest BCUT2D eigenvalue weighted by molar-refractivity contribution is -0.0328. The molecule has 0 fully saturated rings. The molecule has 0 aliphatic carbocycles. The highest BCUT2D eigenvalue weighted by Crippen LogP contribution is 2.36. The Hall–Kier alpha value is -3.26. The zero-order valence-electron chi connectivity index (χ0n) is 17.0. The molecule has 0 spiro atoms. The van der Waals surface area contributed by atoms with Crippen LogP contribution in [-0.4, -0.2) is 38.8 Å². The summed E-state index contributed by atoms with van der Waals surface area (Å²) in [4.78, 5) is 16.2. The lowest BCUT2D eigenvalue weighted by atomic mass is 10.1. The van der Waals surface area contributed by atoms with E-state index < -0.39 is 60.9 Å². The second-order valence-electron chi connectivity index (χ2n) is 6.94. The predicted molar refractivity (Wildman–Crippen MR) is 114 cm³/mol. The first-order chi connectivity index (χ1) is 15.9. The third-order valence-electron chi connectivity index (χ3n) is 4.67. The highest BCUT2D eigenvalue weighted by atomic mass is 32.2. The molecule has 1 aromatic carbocycles. The Kier molecular flexibility index (Phi) is 5.97.